The Labute approximate surface area is 162 Å². The first kappa shape index (κ1) is 17.7. The number of benzene rings is 2. The third kappa shape index (κ3) is 3.32. The molecule has 0 saturated heterocycles. The number of carbonyl (C=O) groups excluding carboxylic acids is 1. The Balaban J connectivity index is 1.73. The van der Waals surface area contributed by atoms with Gasteiger partial charge in [-0.15, -0.1) is 0 Å². The monoisotopic (exact) mass is 372 g/mol. The van der Waals surface area contributed by atoms with Crippen molar-refractivity contribution in [2.45, 2.75) is 6.04 Å². The topological polar surface area (TPSA) is 69.0 Å². The summed E-state index contributed by atoms with van der Waals surface area (Å²) in [5.41, 5.74) is 2.12. The first-order valence-corrected chi connectivity index (χ1v) is 8.93. The minimum Gasteiger partial charge on any atom is -0.497 e. The standard InChI is InChI=1S/C22H20N4O2/c1-26-14-13-24-21(26)20(16-8-10-17(28-2)11-9-16)25-22(27)18-7-3-5-15-6-4-12-23-19(15)18/h3-14,20H,1-2H3,(H,25,27). The Bertz CT molecular complexity index is 1110. The quantitative estimate of drug-likeness (QED) is 0.582. The maximum Gasteiger partial charge on any atom is 0.254 e. The molecule has 0 spiro atoms. The van der Waals surface area contributed by atoms with E-state index >= 15 is 0 Å². The summed E-state index contributed by atoms with van der Waals surface area (Å²) in [6, 6.07) is 16.6. The van der Waals surface area contributed by atoms with E-state index in [2.05, 4.69) is 15.3 Å². The molecular formula is C22H20N4O2. The second-order valence-corrected chi connectivity index (χ2v) is 6.46. The Morgan fingerprint density at radius 1 is 1.04 bits per heavy atom. The van der Waals surface area contributed by atoms with Crippen LogP contribution in [0.4, 0.5) is 0 Å². The zero-order valence-electron chi connectivity index (χ0n) is 15.7. The highest BCUT2D eigenvalue weighted by molar-refractivity contribution is 6.05. The van der Waals surface area contributed by atoms with Crippen molar-refractivity contribution in [1.82, 2.24) is 19.9 Å². The second kappa shape index (κ2) is 7.52. The highest BCUT2D eigenvalue weighted by Crippen LogP contribution is 2.24. The second-order valence-electron chi connectivity index (χ2n) is 6.46. The average Bonchev–Trinajstić information content (AvgIpc) is 3.17. The summed E-state index contributed by atoms with van der Waals surface area (Å²) in [4.78, 5) is 22.0. The molecule has 0 bridgehead atoms. The predicted molar refractivity (Wildman–Crippen MR) is 107 cm³/mol. The molecule has 1 atom stereocenters. The smallest absolute Gasteiger partial charge is 0.254 e. The van der Waals surface area contributed by atoms with E-state index in [9.17, 15) is 4.79 Å². The predicted octanol–water partition coefficient (Wildman–Crippen LogP) is 3.50. The number of aromatic nitrogens is 3. The van der Waals surface area contributed by atoms with Crippen LogP contribution >= 0.6 is 0 Å². The van der Waals surface area contributed by atoms with Gasteiger partial charge in [-0.25, -0.2) is 4.98 Å². The molecule has 6 nitrogen and oxygen atoms in total. The van der Waals surface area contributed by atoms with Gasteiger partial charge >= 0.3 is 0 Å². The maximum absolute atomic E-state index is 13.2. The third-order valence-corrected chi connectivity index (χ3v) is 4.72. The Morgan fingerprint density at radius 3 is 2.54 bits per heavy atom. The van der Waals surface area contributed by atoms with Gasteiger partial charge in [-0.2, -0.15) is 0 Å². The van der Waals surface area contributed by atoms with Crippen LogP contribution in [0.3, 0.4) is 0 Å². The molecule has 2 aromatic carbocycles. The Hall–Kier alpha value is -3.67. The van der Waals surface area contributed by atoms with Crippen LogP contribution in [0, 0.1) is 0 Å². The van der Waals surface area contributed by atoms with Crippen molar-refractivity contribution in [2.75, 3.05) is 7.11 Å². The summed E-state index contributed by atoms with van der Waals surface area (Å²) in [7, 11) is 3.53. The molecule has 0 aliphatic rings. The fourth-order valence-electron chi connectivity index (χ4n) is 3.24. The van der Waals surface area contributed by atoms with Crippen molar-refractivity contribution in [1.29, 1.82) is 0 Å². The SMILES string of the molecule is COc1ccc(C(NC(=O)c2cccc3cccnc23)c2nccn2C)cc1. The lowest BCUT2D eigenvalue weighted by Gasteiger charge is -2.20. The number of para-hydroxylation sites is 1. The number of fused-ring (bicyclic) bond motifs is 1. The van der Waals surface area contributed by atoms with E-state index in [-0.39, 0.29) is 5.91 Å². The van der Waals surface area contributed by atoms with E-state index in [0.717, 1.165) is 22.5 Å². The van der Waals surface area contributed by atoms with Crippen molar-refractivity contribution >= 4 is 16.8 Å². The maximum atomic E-state index is 13.2. The molecule has 0 fully saturated rings. The molecule has 2 heterocycles. The zero-order valence-corrected chi connectivity index (χ0v) is 15.7. The van der Waals surface area contributed by atoms with Crippen molar-refractivity contribution in [3.63, 3.8) is 0 Å². The number of imidazole rings is 1. The summed E-state index contributed by atoms with van der Waals surface area (Å²) in [5, 5.41) is 4.04. The minimum absolute atomic E-state index is 0.201. The summed E-state index contributed by atoms with van der Waals surface area (Å²) in [5.74, 6) is 1.30. The van der Waals surface area contributed by atoms with E-state index in [1.165, 1.54) is 0 Å². The number of rotatable bonds is 5. The summed E-state index contributed by atoms with van der Waals surface area (Å²) in [6.07, 6.45) is 5.27. The van der Waals surface area contributed by atoms with Crippen LogP contribution in [0.25, 0.3) is 10.9 Å². The van der Waals surface area contributed by atoms with Gasteiger partial charge in [-0.05, 0) is 29.8 Å². The number of amides is 1. The fourth-order valence-corrected chi connectivity index (χ4v) is 3.24. The number of nitrogens with one attached hydrogen (secondary N) is 1. The highest BCUT2D eigenvalue weighted by atomic mass is 16.5. The van der Waals surface area contributed by atoms with Crippen LogP contribution in [-0.2, 0) is 7.05 Å². The van der Waals surface area contributed by atoms with E-state index in [0.29, 0.717) is 11.1 Å². The normalized spacial score (nSPS) is 11.9. The van der Waals surface area contributed by atoms with Crippen LogP contribution in [0.15, 0.2) is 73.2 Å². The average molecular weight is 372 g/mol. The van der Waals surface area contributed by atoms with Gasteiger partial charge in [0.05, 0.1) is 18.2 Å². The number of hydrogen-bond acceptors (Lipinski definition) is 4. The van der Waals surface area contributed by atoms with Crippen LogP contribution in [0.1, 0.15) is 27.8 Å². The van der Waals surface area contributed by atoms with Crippen molar-refractivity contribution in [3.05, 3.63) is 90.1 Å². The van der Waals surface area contributed by atoms with Gasteiger partial charge in [0, 0.05) is 31.0 Å². The number of hydrogen-bond donors (Lipinski definition) is 1. The minimum atomic E-state index is -0.405. The molecular weight excluding hydrogens is 352 g/mol. The summed E-state index contributed by atoms with van der Waals surface area (Å²) >= 11 is 0. The number of pyridine rings is 1. The van der Waals surface area contributed by atoms with Crippen molar-refractivity contribution < 1.29 is 9.53 Å². The molecule has 140 valence electrons. The molecule has 4 aromatic rings. The van der Waals surface area contributed by atoms with E-state index in [1.54, 1.807) is 25.6 Å². The van der Waals surface area contributed by atoms with Crippen LogP contribution in [0.2, 0.25) is 0 Å². The largest absolute Gasteiger partial charge is 0.497 e. The van der Waals surface area contributed by atoms with Gasteiger partial charge < -0.3 is 14.6 Å². The lowest BCUT2D eigenvalue weighted by Crippen LogP contribution is -2.31. The lowest BCUT2D eigenvalue weighted by molar-refractivity contribution is 0.0942. The van der Waals surface area contributed by atoms with Gasteiger partial charge in [0.25, 0.3) is 5.91 Å². The molecule has 0 radical (unpaired) electrons. The van der Waals surface area contributed by atoms with Gasteiger partial charge in [0.1, 0.15) is 17.6 Å². The molecule has 2 aromatic heterocycles. The van der Waals surface area contributed by atoms with Gasteiger partial charge in [0.2, 0.25) is 0 Å². The summed E-state index contributed by atoms with van der Waals surface area (Å²) in [6.45, 7) is 0. The highest BCUT2D eigenvalue weighted by Gasteiger charge is 2.22. The molecule has 1 unspecified atom stereocenters. The number of methoxy groups -OCH3 is 1. The molecule has 0 aliphatic heterocycles. The molecule has 1 N–H and O–H groups in total. The van der Waals surface area contributed by atoms with Gasteiger partial charge in [-0.3, -0.25) is 9.78 Å². The first-order chi connectivity index (χ1) is 13.7. The molecule has 4 rings (SSSR count). The zero-order chi connectivity index (χ0) is 19.5. The van der Waals surface area contributed by atoms with Crippen LogP contribution in [0.5, 0.6) is 5.75 Å². The lowest BCUT2D eigenvalue weighted by atomic mass is 10.0. The van der Waals surface area contributed by atoms with E-state index in [4.69, 9.17) is 4.74 Å². The molecule has 1 amide bonds. The van der Waals surface area contributed by atoms with Crippen molar-refractivity contribution in [3.8, 4) is 5.75 Å². The number of aryl methyl sites for hydroxylation is 1. The first-order valence-electron chi connectivity index (χ1n) is 8.93. The number of carbonyl (C=O) groups is 1. The van der Waals surface area contributed by atoms with Crippen LogP contribution < -0.4 is 10.1 Å². The number of ether oxygens (including phenoxy) is 1. The molecule has 28 heavy (non-hydrogen) atoms. The van der Waals surface area contributed by atoms with Crippen molar-refractivity contribution in [2.24, 2.45) is 7.05 Å². The summed E-state index contributed by atoms with van der Waals surface area (Å²) < 4.78 is 7.14. The third-order valence-electron chi connectivity index (χ3n) is 4.72. The molecule has 0 aliphatic carbocycles. The van der Waals surface area contributed by atoms with E-state index in [1.807, 2.05) is 66.3 Å². The van der Waals surface area contributed by atoms with Crippen LogP contribution in [-0.4, -0.2) is 27.6 Å². The van der Waals surface area contributed by atoms with Gasteiger partial charge in [-0.1, -0.05) is 30.3 Å². The Kier molecular flexibility index (Phi) is 4.76. The molecule has 0 saturated carbocycles. The van der Waals surface area contributed by atoms with E-state index < -0.39 is 6.04 Å². The fraction of sp³-hybridized carbons (Fsp3) is 0.136. The van der Waals surface area contributed by atoms with Gasteiger partial charge in [0.15, 0.2) is 0 Å². The number of nitrogens with zero attached hydrogens (tertiary/aromatic N) is 3. The Morgan fingerprint density at radius 2 is 1.82 bits per heavy atom. The molecule has 6 heteroatoms.